The highest BCUT2D eigenvalue weighted by Crippen LogP contribution is 2.41. The maximum Gasteiger partial charge on any atom is 0.186 e. The summed E-state index contributed by atoms with van der Waals surface area (Å²) in [5, 5.41) is 102. The van der Waals surface area contributed by atoms with Crippen molar-refractivity contribution in [2.24, 2.45) is 11.8 Å². The third kappa shape index (κ3) is 6.80. The van der Waals surface area contributed by atoms with E-state index in [2.05, 4.69) is 0 Å². The van der Waals surface area contributed by atoms with Crippen LogP contribution in [0.5, 0.6) is 0 Å². The van der Waals surface area contributed by atoms with Gasteiger partial charge in [0.1, 0.15) is 48.8 Å². The van der Waals surface area contributed by atoms with Crippen LogP contribution in [0.3, 0.4) is 0 Å². The van der Waals surface area contributed by atoms with E-state index in [1.165, 1.54) is 0 Å². The first kappa shape index (κ1) is 32.8. The van der Waals surface area contributed by atoms with E-state index in [1.807, 2.05) is 0 Å². The average molecular weight is 612 g/mol. The van der Waals surface area contributed by atoms with Crippen molar-refractivity contribution in [1.29, 1.82) is 0 Å². The summed E-state index contributed by atoms with van der Waals surface area (Å²) in [5.74, 6) is 0.0943. The van der Waals surface area contributed by atoms with Gasteiger partial charge in [-0.25, -0.2) is 0 Å². The zero-order chi connectivity index (χ0) is 30.3. The lowest BCUT2D eigenvalue weighted by Gasteiger charge is -2.46. The summed E-state index contributed by atoms with van der Waals surface area (Å²) in [5.41, 5.74) is 0. The zero-order valence-electron chi connectivity index (χ0n) is 23.3. The molecule has 244 valence electrons. The second kappa shape index (κ2) is 13.8. The van der Waals surface area contributed by atoms with Crippen LogP contribution in [-0.2, 0) is 18.9 Å². The number of ether oxygens (including phenoxy) is 5. The van der Waals surface area contributed by atoms with Crippen LogP contribution in [0.25, 0.3) is 0 Å². The van der Waals surface area contributed by atoms with Gasteiger partial charge in [0, 0.05) is 25.2 Å². The van der Waals surface area contributed by atoms with Crippen LogP contribution in [-0.4, -0.2) is 167 Å². The van der Waals surface area contributed by atoms with Crippen LogP contribution < -0.4 is 0 Å². The topological polar surface area (TPSA) is 252 Å². The minimum Gasteiger partial charge on any atom is -0.429 e. The van der Waals surface area contributed by atoms with Gasteiger partial charge in [-0.1, -0.05) is 0 Å². The molecule has 2 saturated carbocycles. The number of aliphatic hydroxyl groups excluding tert-OH is 10. The summed E-state index contributed by atoms with van der Waals surface area (Å²) in [6.45, 7) is -1.12. The van der Waals surface area contributed by atoms with Crippen LogP contribution >= 0.6 is 0 Å². The highest BCUT2D eigenvalue weighted by atomic mass is 16.7. The third-order valence-electron chi connectivity index (χ3n) is 9.81. The van der Waals surface area contributed by atoms with Crippen LogP contribution in [0, 0.1) is 11.8 Å². The number of aliphatic hydroxyl groups is 12. The molecule has 3 heterocycles. The fourth-order valence-corrected chi connectivity index (χ4v) is 7.21. The van der Waals surface area contributed by atoms with Gasteiger partial charge in [0.25, 0.3) is 0 Å². The molecule has 3 saturated heterocycles. The van der Waals surface area contributed by atoms with Crippen molar-refractivity contribution in [2.45, 2.75) is 143 Å². The molecule has 8 unspecified atom stereocenters. The highest BCUT2D eigenvalue weighted by molar-refractivity contribution is 4.95. The largest absolute Gasteiger partial charge is 0.429 e. The standard InChI is InChI=1S/C27H46O15/c28-8-18-20(32)22(34)24(36)26(41-18)38-9-19-21(33)23(35)25(37)27(42-19)39-11-6-14(30)12-2-4-16(40-17(12)7-11)10-1-3-13(29)15(31)5-10/h10-37H,1-9H2/p+1/t10?,11?,12?,13?,14?,15?,16?,17?,18-,19-,20-,21-,22-,23-,24+,25-,26+,27-/m1/s1. The summed E-state index contributed by atoms with van der Waals surface area (Å²) in [7, 11) is 0. The van der Waals surface area contributed by atoms with Gasteiger partial charge in [0.15, 0.2) is 24.8 Å². The van der Waals surface area contributed by atoms with Crippen molar-refractivity contribution < 1.29 is 74.7 Å². The van der Waals surface area contributed by atoms with Crippen LogP contribution in [0.4, 0.5) is 0 Å². The van der Waals surface area contributed by atoms with Gasteiger partial charge >= 0.3 is 0 Å². The summed E-state index contributed by atoms with van der Waals surface area (Å²) in [4.78, 5) is 0. The smallest absolute Gasteiger partial charge is 0.186 e. The first-order valence-corrected chi connectivity index (χ1v) is 15.0. The van der Waals surface area contributed by atoms with Gasteiger partial charge in [-0.2, -0.15) is 0 Å². The number of fused-ring (bicyclic) bond motifs is 1. The molecule has 42 heavy (non-hydrogen) atoms. The Kier molecular flexibility index (Phi) is 10.8. The van der Waals surface area contributed by atoms with Crippen LogP contribution in [0.15, 0.2) is 0 Å². The quantitative estimate of drug-likeness (QED) is 0.122. The van der Waals surface area contributed by atoms with Gasteiger partial charge < -0.3 is 74.7 Å². The van der Waals surface area contributed by atoms with Crippen molar-refractivity contribution >= 4 is 0 Å². The number of hydrogen-bond acceptors (Lipinski definition) is 14. The van der Waals surface area contributed by atoms with E-state index in [-0.39, 0.29) is 30.5 Å². The Bertz CT molecular complexity index is 865. The van der Waals surface area contributed by atoms with Gasteiger partial charge in [-0.15, -0.1) is 0 Å². The third-order valence-corrected chi connectivity index (χ3v) is 9.81. The molecule has 18 atom stereocenters. The van der Waals surface area contributed by atoms with Crippen molar-refractivity contribution in [3.8, 4) is 0 Å². The maximum atomic E-state index is 10.9. The Hall–Kier alpha value is -0.600. The SMILES string of the molecule is OC[C@H]1O[C@H](OC[C@H]2O[C@@H](OC3CC(O)C4CCC(C5CCC(O)C(O)C5)[OH+]C4C3)[C@H](O)[C@H](O)[C@@H]2O)[C@@H](O)[C@H](O)[C@@H]1O. The molecule has 5 rings (SSSR count). The predicted molar refractivity (Wildman–Crippen MR) is 138 cm³/mol. The Morgan fingerprint density at radius 3 is 1.95 bits per heavy atom. The molecular weight excluding hydrogens is 564 g/mol. The Morgan fingerprint density at radius 1 is 0.595 bits per heavy atom. The fraction of sp³-hybridized carbons (Fsp3) is 1.00. The minimum absolute atomic E-state index is 0.00297. The molecule has 0 amide bonds. The van der Waals surface area contributed by atoms with Crippen LogP contribution in [0.1, 0.15) is 44.9 Å². The minimum atomic E-state index is -1.68. The van der Waals surface area contributed by atoms with Gasteiger partial charge in [-0.3, -0.25) is 0 Å². The second-order valence-electron chi connectivity index (χ2n) is 12.6. The molecule has 5 aliphatic rings. The predicted octanol–water partition coefficient (Wildman–Crippen LogP) is -4.65. The molecule has 15 heteroatoms. The molecule has 0 bridgehead atoms. The molecule has 0 aromatic heterocycles. The van der Waals surface area contributed by atoms with Crippen molar-refractivity contribution in [3.05, 3.63) is 0 Å². The lowest BCUT2D eigenvalue weighted by atomic mass is 9.73. The van der Waals surface area contributed by atoms with E-state index in [1.54, 1.807) is 0 Å². The molecule has 11 N–H and O–H groups in total. The normalized spacial score (nSPS) is 53.9. The molecule has 3 aliphatic heterocycles. The van der Waals surface area contributed by atoms with Crippen molar-refractivity contribution in [1.82, 2.24) is 0 Å². The van der Waals surface area contributed by atoms with E-state index >= 15 is 0 Å². The number of hydrogen-bond donors (Lipinski definition) is 10. The van der Waals surface area contributed by atoms with E-state index in [4.69, 9.17) is 23.7 Å². The zero-order valence-corrected chi connectivity index (χ0v) is 23.3. The average Bonchev–Trinajstić information content (AvgIpc) is 2.97. The summed E-state index contributed by atoms with van der Waals surface area (Å²) < 4.78 is 27.6. The second-order valence-corrected chi connectivity index (χ2v) is 12.6. The Morgan fingerprint density at radius 2 is 1.26 bits per heavy atom. The molecule has 5 fully saturated rings. The summed E-state index contributed by atoms with van der Waals surface area (Å²) in [6, 6.07) is 0. The maximum absolute atomic E-state index is 10.9. The lowest BCUT2D eigenvalue weighted by Crippen LogP contribution is -2.62. The van der Waals surface area contributed by atoms with Gasteiger partial charge in [0.2, 0.25) is 0 Å². The molecule has 0 aromatic rings. The van der Waals surface area contributed by atoms with Gasteiger partial charge in [-0.05, 0) is 25.7 Å². The monoisotopic (exact) mass is 611 g/mol. The molecule has 0 radical (unpaired) electrons. The van der Waals surface area contributed by atoms with E-state index in [0.29, 0.717) is 19.3 Å². The Labute approximate surface area is 243 Å². The molecule has 0 spiro atoms. The molecule has 0 aromatic carbocycles. The Balaban J connectivity index is 1.18. The van der Waals surface area contributed by atoms with E-state index in [0.717, 1.165) is 19.3 Å². The van der Waals surface area contributed by atoms with Crippen molar-refractivity contribution in [3.63, 3.8) is 0 Å². The van der Waals surface area contributed by atoms with Gasteiger partial charge in [0.05, 0.1) is 43.5 Å². The lowest BCUT2D eigenvalue weighted by molar-refractivity contribution is -0.342. The summed E-state index contributed by atoms with van der Waals surface area (Å²) in [6.07, 6.45) is -14.1. The number of rotatable bonds is 7. The molecule has 2 aliphatic carbocycles. The van der Waals surface area contributed by atoms with Crippen molar-refractivity contribution in [2.75, 3.05) is 13.2 Å². The van der Waals surface area contributed by atoms with E-state index in [9.17, 15) is 51.1 Å². The van der Waals surface area contributed by atoms with E-state index < -0.39 is 99.0 Å². The van der Waals surface area contributed by atoms with Crippen LogP contribution in [0.2, 0.25) is 0 Å². The first-order chi connectivity index (χ1) is 20.0. The molecule has 15 nitrogen and oxygen atoms in total. The highest BCUT2D eigenvalue weighted by Gasteiger charge is 2.51. The fourth-order valence-electron chi connectivity index (χ4n) is 7.21. The summed E-state index contributed by atoms with van der Waals surface area (Å²) >= 11 is 0. The molecular formula is C27H47O15+. The first-order valence-electron chi connectivity index (χ1n) is 15.0.